The molecule has 3 amide bonds. The third kappa shape index (κ3) is 4.65. The van der Waals surface area contributed by atoms with Crippen LogP contribution >= 0.6 is 0 Å². The van der Waals surface area contributed by atoms with Crippen LogP contribution in [0.4, 0.5) is 11.4 Å². The number of benzene rings is 1. The van der Waals surface area contributed by atoms with Crippen LogP contribution in [0.3, 0.4) is 0 Å². The predicted octanol–water partition coefficient (Wildman–Crippen LogP) is 4.14. The van der Waals surface area contributed by atoms with E-state index in [9.17, 15) is 14.4 Å². The molecule has 1 saturated heterocycles. The molecule has 164 valence electrons. The topological polar surface area (TPSA) is 91.7 Å². The summed E-state index contributed by atoms with van der Waals surface area (Å²) in [5, 5.41) is 5.65. The molecule has 7 nitrogen and oxygen atoms in total. The SMILES string of the molecule is C[C@@H]1[C@H](C)CCC[C@@H]1N1C[C@@H](C(=O)Nc2cccc(NC(=O)c3ccco3)c2)CC1=O. The van der Waals surface area contributed by atoms with Crippen molar-refractivity contribution in [2.75, 3.05) is 17.2 Å². The maximum absolute atomic E-state index is 12.9. The lowest BCUT2D eigenvalue weighted by atomic mass is 9.77. The second-order valence-electron chi connectivity index (χ2n) is 8.78. The van der Waals surface area contributed by atoms with Gasteiger partial charge >= 0.3 is 0 Å². The third-order valence-corrected chi connectivity index (χ3v) is 6.73. The van der Waals surface area contributed by atoms with Crippen molar-refractivity contribution in [2.24, 2.45) is 17.8 Å². The number of nitrogens with one attached hydrogen (secondary N) is 2. The van der Waals surface area contributed by atoms with Crippen LogP contribution in [0.5, 0.6) is 0 Å². The Morgan fingerprint density at radius 1 is 1.06 bits per heavy atom. The van der Waals surface area contributed by atoms with Crippen LogP contribution in [0.15, 0.2) is 47.1 Å². The number of carbonyl (C=O) groups excluding carboxylic acids is 3. The van der Waals surface area contributed by atoms with E-state index in [0.717, 1.165) is 12.8 Å². The van der Waals surface area contributed by atoms with Crippen molar-refractivity contribution < 1.29 is 18.8 Å². The van der Waals surface area contributed by atoms with E-state index in [1.165, 1.54) is 12.7 Å². The first-order chi connectivity index (χ1) is 14.9. The predicted molar refractivity (Wildman–Crippen MR) is 118 cm³/mol. The molecule has 1 saturated carbocycles. The zero-order valence-electron chi connectivity index (χ0n) is 18.0. The lowest BCUT2D eigenvalue weighted by Crippen LogP contribution is -2.45. The van der Waals surface area contributed by atoms with Gasteiger partial charge in [-0.15, -0.1) is 0 Å². The fourth-order valence-electron chi connectivity index (χ4n) is 4.74. The minimum atomic E-state index is -0.363. The minimum absolute atomic E-state index is 0.0746. The molecule has 0 bridgehead atoms. The van der Waals surface area contributed by atoms with Crippen molar-refractivity contribution in [1.82, 2.24) is 4.90 Å². The number of likely N-dealkylation sites (tertiary alicyclic amines) is 1. The second-order valence-corrected chi connectivity index (χ2v) is 8.78. The molecule has 4 rings (SSSR count). The molecule has 4 atom stereocenters. The average Bonchev–Trinajstić information content (AvgIpc) is 3.41. The van der Waals surface area contributed by atoms with Crippen molar-refractivity contribution >= 4 is 29.1 Å². The molecular weight excluding hydrogens is 394 g/mol. The van der Waals surface area contributed by atoms with Crippen molar-refractivity contribution in [3.8, 4) is 0 Å². The molecule has 1 aliphatic heterocycles. The Bertz CT molecular complexity index is 955. The highest BCUT2D eigenvalue weighted by molar-refractivity contribution is 6.03. The van der Waals surface area contributed by atoms with Crippen molar-refractivity contribution in [2.45, 2.75) is 45.6 Å². The van der Waals surface area contributed by atoms with E-state index in [1.807, 2.05) is 4.90 Å². The van der Waals surface area contributed by atoms with Crippen LogP contribution in [-0.2, 0) is 9.59 Å². The van der Waals surface area contributed by atoms with E-state index in [4.69, 9.17) is 4.42 Å². The summed E-state index contributed by atoms with van der Waals surface area (Å²) in [6.45, 7) is 4.94. The molecule has 1 aromatic carbocycles. The fourth-order valence-corrected chi connectivity index (χ4v) is 4.74. The van der Waals surface area contributed by atoms with Crippen LogP contribution in [-0.4, -0.2) is 35.2 Å². The van der Waals surface area contributed by atoms with Crippen molar-refractivity contribution in [3.05, 3.63) is 48.4 Å². The van der Waals surface area contributed by atoms with E-state index in [-0.39, 0.29) is 41.9 Å². The van der Waals surface area contributed by atoms with E-state index in [2.05, 4.69) is 24.5 Å². The van der Waals surface area contributed by atoms with E-state index >= 15 is 0 Å². The van der Waals surface area contributed by atoms with E-state index < -0.39 is 0 Å². The molecule has 0 unspecified atom stereocenters. The number of hydrogen-bond donors (Lipinski definition) is 2. The molecule has 31 heavy (non-hydrogen) atoms. The van der Waals surface area contributed by atoms with Crippen LogP contribution in [0.1, 0.15) is 50.1 Å². The molecule has 2 aromatic rings. The first-order valence-corrected chi connectivity index (χ1v) is 11.0. The Morgan fingerprint density at radius 3 is 2.58 bits per heavy atom. The van der Waals surface area contributed by atoms with Gasteiger partial charge in [-0.1, -0.05) is 32.8 Å². The molecule has 2 aliphatic rings. The van der Waals surface area contributed by atoms with Crippen molar-refractivity contribution in [3.63, 3.8) is 0 Å². The van der Waals surface area contributed by atoms with Crippen LogP contribution in [0.2, 0.25) is 0 Å². The summed E-state index contributed by atoms with van der Waals surface area (Å²) in [7, 11) is 0. The van der Waals surface area contributed by atoms with E-state index in [1.54, 1.807) is 36.4 Å². The maximum atomic E-state index is 12.9. The molecule has 2 N–H and O–H groups in total. The fraction of sp³-hybridized carbons (Fsp3) is 0.458. The molecule has 1 aliphatic carbocycles. The molecular formula is C24H29N3O4. The van der Waals surface area contributed by atoms with Gasteiger partial charge in [-0.05, 0) is 48.6 Å². The monoisotopic (exact) mass is 423 g/mol. The Labute approximate surface area is 182 Å². The number of carbonyl (C=O) groups is 3. The number of hydrogen-bond acceptors (Lipinski definition) is 4. The number of furan rings is 1. The Kier molecular flexibility index (Phi) is 6.11. The summed E-state index contributed by atoms with van der Waals surface area (Å²) in [5.41, 5.74) is 1.13. The highest BCUT2D eigenvalue weighted by Crippen LogP contribution is 2.36. The maximum Gasteiger partial charge on any atom is 0.291 e. The molecule has 0 spiro atoms. The van der Waals surface area contributed by atoms with Gasteiger partial charge in [0.25, 0.3) is 5.91 Å². The molecule has 7 heteroatoms. The minimum Gasteiger partial charge on any atom is -0.459 e. The zero-order valence-corrected chi connectivity index (χ0v) is 18.0. The van der Waals surface area contributed by atoms with Gasteiger partial charge in [0.05, 0.1) is 12.2 Å². The number of nitrogens with zero attached hydrogens (tertiary/aromatic N) is 1. The summed E-state index contributed by atoms with van der Waals surface area (Å²) in [6, 6.07) is 10.4. The Hall–Kier alpha value is -3.09. The average molecular weight is 424 g/mol. The van der Waals surface area contributed by atoms with Crippen LogP contribution in [0, 0.1) is 17.8 Å². The summed E-state index contributed by atoms with van der Waals surface area (Å²) in [5.74, 6) is 0.449. The van der Waals surface area contributed by atoms with Gasteiger partial charge < -0.3 is 20.0 Å². The third-order valence-electron chi connectivity index (χ3n) is 6.73. The van der Waals surface area contributed by atoms with Gasteiger partial charge in [-0.2, -0.15) is 0 Å². The molecule has 0 radical (unpaired) electrons. The highest BCUT2D eigenvalue weighted by Gasteiger charge is 2.41. The normalized spacial score (nSPS) is 26.0. The van der Waals surface area contributed by atoms with Gasteiger partial charge in [0.15, 0.2) is 5.76 Å². The zero-order chi connectivity index (χ0) is 22.0. The standard InChI is InChI=1S/C24H29N3O4/c1-15-6-3-9-20(16(15)2)27-14-17(12-22(27)28)23(29)25-18-7-4-8-19(13-18)26-24(30)21-10-5-11-31-21/h4-5,7-8,10-11,13,15-17,20H,3,6,9,12,14H2,1-2H3,(H,25,29)(H,26,30)/t15-,16-,17+,20+/m1/s1. The lowest BCUT2D eigenvalue weighted by Gasteiger charge is -2.40. The van der Waals surface area contributed by atoms with Gasteiger partial charge in [0.2, 0.25) is 11.8 Å². The smallest absolute Gasteiger partial charge is 0.291 e. The van der Waals surface area contributed by atoms with E-state index in [0.29, 0.717) is 29.8 Å². The van der Waals surface area contributed by atoms with Gasteiger partial charge in [-0.25, -0.2) is 0 Å². The second kappa shape index (κ2) is 8.96. The number of rotatable bonds is 5. The Balaban J connectivity index is 1.37. The molecule has 2 fully saturated rings. The molecule has 1 aromatic heterocycles. The van der Waals surface area contributed by atoms with Crippen LogP contribution in [0.25, 0.3) is 0 Å². The van der Waals surface area contributed by atoms with Gasteiger partial charge in [0.1, 0.15) is 0 Å². The summed E-state index contributed by atoms with van der Waals surface area (Å²) in [6.07, 6.45) is 5.04. The summed E-state index contributed by atoms with van der Waals surface area (Å²) < 4.78 is 5.10. The summed E-state index contributed by atoms with van der Waals surface area (Å²) in [4.78, 5) is 39.6. The number of anilines is 2. The van der Waals surface area contributed by atoms with Gasteiger partial charge in [-0.3, -0.25) is 14.4 Å². The van der Waals surface area contributed by atoms with Gasteiger partial charge in [0, 0.05) is 30.4 Å². The number of amides is 3. The summed E-state index contributed by atoms with van der Waals surface area (Å²) >= 11 is 0. The highest BCUT2D eigenvalue weighted by atomic mass is 16.3. The largest absolute Gasteiger partial charge is 0.459 e. The first kappa shape index (κ1) is 21.2. The lowest BCUT2D eigenvalue weighted by molar-refractivity contribution is -0.131. The quantitative estimate of drug-likeness (QED) is 0.756. The Morgan fingerprint density at radius 2 is 1.84 bits per heavy atom. The molecule has 2 heterocycles. The van der Waals surface area contributed by atoms with Crippen LogP contribution < -0.4 is 10.6 Å². The van der Waals surface area contributed by atoms with Crippen molar-refractivity contribution in [1.29, 1.82) is 0 Å². The first-order valence-electron chi connectivity index (χ1n) is 11.0.